The molecule has 0 saturated carbocycles. The molecule has 8 heteroatoms. The van der Waals surface area contributed by atoms with Crippen molar-refractivity contribution >= 4 is 36.2 Å². The van der Waals surface area contributed by atoms with E-state index in [-0.39, 0.29) is 24.8 Å². The molecule has 2 aromatic rings. The van der Waals surface area contributed by atoms with Gasteiger partial charge >= 0.3 is 0 Å². The molecule has 6 nitrogen and oxygen atoms in total. The van der Waals surface area contributed by atoms with Crippen molar-refractivity contribution in [3.8, 4) is 11.5 Å². The number of hydrogen-bond acceptors (Lipinski definition) is 6. The smallest absolute Gasteiger partial charge is 0.118 e. The Labute approximate surface area is 241 Å². The highest BCUT2D eigenvalue weighted by Gasteiger charge is 2.15. The highest BCUT2D eigenvalue weighted by atomic mass is 35.5. The molecule has 0 atom stereocenters. The fourth-order valence-electron chi connectivity index (χ4n) is 5.09. The Morgan fingerprint density at radius 2 is 0.921 bits per heavy atom. The summed E-state index contributed by atoms with van der Waals surface area (Å²) in [5.74, 6) is 1.72. The molecule has 38 heavy (non-hydrogen) atoms. The average Bonchev–Trinajstić information content (AvgIpc) is 2.96. The Morgan fingerprint density at radius 1 is 0.579 bits per heavy atom. The monoisotopic (exact) mass is 562 g/mol. The number of ether oxygens (including phenoxy) is 2. The standard InChI is InChI=1S/C30H42N4O2.2ClH/c1-35-27-13-9-25(10-14-27)29(17-23-33-19-5-3-6-20-33)31-32-30(18-24-34-21-7-4-8-22-34)26-11-15-28(36-2)16-12-26;;/h9-16H,3-8,17-24H2,1-2H3;2*1H/b31-29-,32-30+;;. The van der Waals surface area contributed by atoms with Gasteiger partial charge in [-0.3, -0.25) is 0 Å². The molecule has 4 rings (SSSR count). The number of hydrogen-bond donors (Lipinski definition) is 0. The summed E-state index contributed by atoms with van der Waals surface area (Å²) < 4.78 is 10.8. The molecule has 2 aromatic carbocycles. The highest BCUT2D eigenvalue weighted by Crippen LogP contribution is 2.18. The van der Waals surface area contributed by atoms with Crippen molar-refractivity contribution in [2.45, 2.75) is 51.4 Å². The molecule has 0 amide bonds. The van der Waals surface area contributed by atoms with Crippen LogP contribution in [-0.2, 0) is 0 Å². The van der Waals surface area contributed by atoms with Crippen LogP contribution in [0.5, 0.6) is 11.5 Å². The number of likely N-dealkylation sites (tertiary alicyclic amines) is 2. The molecule has 2 heterocycles. The number of methoxy groups -OCH3 is 2. The Morgan fingerprint density at radius 3 is 1.24 bits per heavy atom. The SMILES string of the molecule is COc1ccc(/C(CCN2CCCCC2)=N\N=C(/CCN2CCCCC2)c2ccc(OC)cc2)cc1.Cl.Cl. The van der Waals surface area contributed by atoms with E-state index in [2.05, 4.69) is 34.1 Å². The fourth-order valence-corrected chi connectivity index (χ4v) is 5.09. The first-order valence-electron chi connectivity index (χ1n) is 13.6. The minimum absolute atomic E-state index is 0. The summed E-state index contributed by atoms with van der Waals surface area (Å²) >= 11 is 0. The summed E-state index contributed by atoms with van der Waals surface area (Å²) in [6.07, 6.45) is 9.66. The van der Waals surface area contributed by atoms with Crippen molar-refractivity contribution in [2.24, 2.45) is 10.2 Å². The lowest BCUT2D eigenvalue weighted by molar-refractivity contribution is 0.235. The lowest BCUT2D eigenvalue weighted by atomic mass is 10.1. The van der Waals surface area contributed by atoms with Crippen molar-refractivity contribution in [3.05, 3.63) is 59.7 Å². The second-order valence-corrected chi connectivity index (χ2v) is 9.85. The van der Waals surface area contributed by atoms with Crippen LogP contribution in [0.25, 0.3) is 0 Å². The summed E-state index contributed by atoms with van der Waals surface area (Å²) in [7, 11) is 3.41. The second kappa shape index (κ2) is 17.5. The maximum absolute atomic E-state index is 5.38. The molecule has 0 aliphatic carbocycles. The summed E-state index contributed by atoms with van der Waals surface area (Å²) in [4.78, 5) is 5.12. The van der Waals surface area contributed by atoms with E-state index in [1.54, 1.807) is 14.2 Å². The lowest BCUT2D eigenvalue weighted by Gasteiger charge is -2.26. The first kappa shape index (κ1) is 32.1. The molecule has 0 radical (unpaired) electrons. The van der Waals surface area contributed by atoms with Crippen molar-refractivity contribution in [2.75, 3.05) is 53.5 Å². The van der Waals surface area contributed by atoms with Crippen LogP contribution in [0.2, 0.25) is 0 Å². The van der Waals surface area contributed by atoms with Gasteiger partial charge in [0.05, 0.1) is 25.6 Å². The van der Waals surface area contributed by atoms with Gasteiger partial charge in [-0.1, -0.05) is 12.8 Å². The van der Waals surface area contributed by atoms with E-state index >= 15 is 0 Å². The average molecular weight is 564 g/mol. The molecule has 0 unspecified atom stereocenters. The second-order valence-electron chi connectivity index (χ2n) is 9.85. The number of rotatable bonds is 11. The van der Waals surface area contributed by atoms with Crippen molar-refractivity contribution in [1.29, 1.82) is 0 Å². The molecule has 2 aliphatic heterocycles. The van der Waals surface area contributed by atoms with Crippen LogP contribution >= 0.6 is 24.8 Å². The summed E-state index contributed by atoms with van der Waals surface area (Å²) in [6.45, 7) is 6.79. The van der Waals surface area contributed by atoms with E-state index in [1.165, 1.54) is 64.7 Å². The summed E-state index contributed by atoms with van der Waals surface area (Å²) in [6, 6.07) is 16.4. The topological polar surface area (TPSA) is 49.7 Å². The number of nitrogens with zero attached hydrogens (tertiary/aromatic N) is 4. The summed E-state index contributed by atoms with van der Waals surface area (Å²) in [5, 5.41) is 9.81. The zero-order chi connectivity index (χ0) is 25.0. The Kier molecular flexibility index (Phi) is 14.8. The zero-order valence-corrected chi connectivity index (χ0v) is 24.6. The molecule has 0 bridgehead atoms. The molecule has 2 aliphatic rings. The van der Waals surface area contributed by atoms with Crippen LogP contribution in [0.1, 0.15) is 62.5 Å². The van der Waals surface area contributed by atoms with Crippen LogP contribution in [0, 0.1) is 0 Å². The number of halogens is 2. The lowest BCUT2D eigenvalue weighted by Crippen LogP contribution is -2.32. The zero-order valence-electron chi connectivity index (χ0n) is 22.9. The molecule has 0 spiro atoms. The normalized spacial score (nSPS) is 17.3. The molecule has 0 aromatic heterocycles. The number of piperidine rings is 2. The van der Waals surface area contributed by atoms with Gasteiger partial charge in [0.1, 0.15) is 11.5 Å². The highest BCUT2D eigenvalue weighted by molar-refractivity contribution is 6.03. The molecule has 210 valence electrons. The van der Waals surface area contributed by atoms with E-state index in [0.717, 1.165) is 60.0 Å². The maximum Gasteiger partial charge on any atom is 0.118 e. The van der Waals surface area contributed by atoms with Crippen LogP contribution in [0.4, 0.5) is 0 Å². The first-order chi connectivity index (χ1) is 17.7. The minimum Gasteiger partial charge on any atom is -0.497 e. The quantitative estimate of drug-likeness (QED) is 0.232. The van der Waals surface area contributed by atoms with Gasteiger partial charge < -0.3 is 19.3 Å². The van der Waals surface area contributed by atoms with Gasteiger partial charge in [-0.05, 0) is 112 Å². The fraction of sp³-hybridized carbons (Fsp3) is 0.533. The van der Waals surface area contributed by atoms with Crippen LogP contribution in [0.3, 0.4) is 0 Å². The molecule has 2 fully saturated rings. The molecule has 0 N–H and O–H groups in total. The van der Waals surface area contributed by atoms with Crippen LogP contribution in [0.15, 0.2) is 58.7 Å². The Bertz CT molecular complexity index is 903. The third-order valence-corrected chi connectivity index (χ3v) is 7.36. The van der Waals surface area contributed by atoms with E-state index in [0.29, 0.717) is 0 Å². The van der Waals surface area contributed by atoms with Crippen molar-refractivity contribution in [1.82, 2.24) is 9.80 Å². The summed E-state index contributed by atoms with van der Waals surface area (Å²) in [5.41, 5.74) is 4.29. The van der Waals surface area contributed by atoms with Gasteiger partial charge in [-0.25, -0.2) is 0 Å². The van der Waals surface area contributed by atoms with Gasteiger partial charge in [-0.2, -0.15) is 10.2 Å². The van der Waals surface area contributed by atoms with Gasteiger partial charge in [0.25, 0.3) is 0 Å². The van der Waals surface area contributed by atoms with Gasteiger partial charge in [-0.15, -0.1) is 24.8 Å². The van der Waals surface area contributed by atoms with E-state index < -0.39 is 0 Å². The molecule has 2 saturated heterocycles. The Hall–Kier alpha value is -2.12. The predicted molar refractivity (Wildman–Crippen MR) is 163 cm³/mol. The van der Waals surface area contributed by atoms with Gasteiger partial charge in [0.2, 0.25) is 0 Å². The van der Waals surface area contributed by atoms with Gasteiger partial charge in [0.15, 0.2) is 0 Å². The van der Waals surface area contributed by atoms with E-state index in [9.17, 15) is 0 Å². The Balaban J connectivity index is 0.00000253. The third kappa shape index (κ3) is 9.88. The minimum atomic E-state index is 0. The third-order valence-electron chi connectivity index (χ3n) is 7.36. The van der Waals surface area contributed by atoms with E-state index in [4.69, 9.17) is 19.7 Å². The van der Waals surface area contributed by atoms with Crippen LogP contribution in [-0.4, -0.2) is 74.7 Å². The van der Waals surface area contributed by atoms with Crippen molar-refractivity contribution < 1.29 is 9.47 Å². The molecular weight excluding hydrogens is 519 g/mol. The van der Waals surface area contributed by atoms with Crippen LogP contribution < -0.4 is 9.47 Å². The number of benzene rings is 2. The largest absolute Gasteiger partial charge is 0.497 e. The maximum atomic E-state index is 5.38. The van der Waals surface area contributed by atoms with Gasteiger partial charge in [0, 0.05) is 25.9 Å². The van der Waals surface area contributed by atoms with E-state index in [1.807, 2.05) is 24.3 Å². The van der Waals surface area contributed by atoms with Crippen molar-refractivity contribution in [3.63, 3.8) is 0 Å². The predicted octanol–water partition coefficient (Wildman–Crippen LogP) is 6.49. The first-order valence-corrected chi connectivity index (χ1v) is 13.6. The molecular formula is C30H44Cl2N4O2.